The Bertz CT molecular complexity index is 555. The molecule has 0 radical (unpaired) electrons. The molecular weight excluding hydrogens is 323 g/mol. The summed E-state index contributed by atoms with van der Waals surface area (Å²) in [4.78, 5) is 0. The average Bonchev–Trinajstić information content (AvgIpc) is 2.48. The van der Waals surface area contributed by atoms with E-state index < -0.39 is 0 Å². The van der Waals surface area contributed by atoms with Gasteiger partial charge in [-0.2, -0.15) is 0 Å². The Kier molecular flexibility index (Phi) is 5.41. The minimum Gasteiger partial charge on any atom is -0.494 e. The molecule has 0 unspecified atom stereocenters. The van der Waals surface area contributed by atoms with Gasteiger partial charge in [-0.3, -0.25) is 0 Å². The molecule has 2 aromatic carbocycles. The smallest absolute Gasteiger partial charge is 0.137 e. The van der Waals surface area contributed by atoms with Crippen LogP contribution in [0.2, 0.25) is 0 Å². The number of benzene rings is 2. The summed E-state index contributed by atoms with van der Waals surface area (Å²) in [5.41, 5.74) is 0.774. The van der Waals surface area contributed by atoms with Gasteiger partial charge in [0.15, 0.2) is 0 Å². The van der Waals surface area contributed by atoms with Gasteiger partial charge in [0.25, 0.3) is 0 Å². The topological polar surface area (TPSA) is 18.5 Å². The Balaban J connectivity index is 1.95. The van der Waals surface area contributed by atoms with Gasteiger partial charge < -0.3 is 9.47 Å². The van der Waals surface area contributed by atoms with Gasteiger partial charge in [0.2, 0.25) is 0 Å². The van der Waals surface area contributed by atoms with Crippen LogP contribution in [-0.2, 0) is 6.61 Å². The quantitative estimate of drug-likeness (QED) is 0.741. The highest BCUT2D eigenvalue weighted by atomic mass is 79.9. The lowest BCUT2D eigenvalue weighted by Gasteiger charge is -2.09. The SMILES string of the molecule is CCCOc1ccc(OCc2cccc(F)c2Br)cc1. The maximum atomic E-state index is 13.4. The molecule has 0 spiro atoms. The summed E-state index contributed by atoms with van der Waals surface area (Å²) < 4.78 is 24.9. The van der Waals surface area contributed by atoms with Crippen LogP contribution in [0.15, 0.2) is 46.9 Å². The molecule has 20 heavy (non-hydrogen) atoms. The minimum atomic E-state index is -0.283. The predicted octanol–water partition coefficient (Wildman–Crippen LogP) is 4.96. The van der Waals surface area contributed by atoms with Crippen LogP contribution in [-0.4, -0.2) is 6.61 Å². The third kappa shape index (κ3) is 3.97. The zero-order chi connectivity index (χ0) is 14.4. The molecule has 0 bridgehead atoms. The van der Waals surface area contributed by atoms with E-state index in [2.05, 4.69) is 22.9 Å². The van der Waals surface area contributed by atoms with Gasteiger partial charge in [-0.15, -0.1) is 0 Å². The zero-order valence-electron chi connectivity index (χ0n) is 11.2. The van der Waals surface area contributed by atoms with Crippen molar-refractivity contribution in [2.45, 2.75) is 20.0 Å². The van der Waals surface area contributed by atoms with E-state index in [1.165, 1.54) is 6.07 Å². The Morgan fingerprint density at radius 2 is 1.65 bits per heavy atom. The predicted molar refractivity (Wildman–Crippen MR) is 80.7 cm³/mol. The van der Waals surface area contributed by atoms with Crippen molar-refractivity contribution in [3.63, 3.8) is 0 Å². The Morgan fingerprint density at radius 3 is 2.30 bits per heavy atom. The Hall–Kier alpha value is -1.55. The first-order valence-electron chi connectivity index (χ1n) is 6.49. The van der Waals surface area contributed by atoms with Gasteiger partial charge in [-0.1, -0.05) is 19.1 Å². The Labute approximate surface area is 126 Å². The molecule has 0 atom stereocenters. The summed E-state index contributed by atoms with van der Waals surface area (Å²) in [6.45, 7) is 3.08. The fourth-order valence-corrected chi connectivity index (χ4v) is 2.05. The summed E-state index contributed by atoms with van der Waals surface area (Å²) in [5.74, 6) is 1.27. The third-order valence-electron chi connectivity index (χ3n) is 2.72. The highest BCUT2D eigenvalue weighted by Crippen LogP contribution is 2.23. The van der Waals surface area contributed by atoms with Gasteiger partial charge in [-0.25, -0.2) is 4.39 Å². The van der Waals surface area contributed by atoms with E-state index in [0.717, 1.165) is 23.5 Å². The van der Waals surface area contributed by atoms with E-state index >= 15 is 0 Å². The fraction of sp³-hybridized carbons (Fsp3) is 0.250. The number of rotatable bonds is 6. The van der Waals surface area contributed by atoms with Gasteiger partial charge in [-0.05, 0) is 52.7 Å². The lowest BCUT2D eigenvalue weighted by molar-refractivity contribution is 0.300. The normalized spacial score (nSPS) is 10.3. The van der Waals surface area contributed by atoms with E-state index in [4.69, 9.17) is 9.47 Å². The second kappa shape index (κ2) is 7.29. The molecule has 0 aromatic heterocycles. The maximum Gasteiger partial charge on any atom is 0.137 e. The third-order valence-corrected chi connectivity index (χ3v) is 3.61. The lowest BCUT2D eigenvalue weighted by atomic mass is 10.2. The molecule has 2 aromatic rings. The van der Waals surface area contributed by atoms with Gasteiger partial charge in [0.1, 0.15) is 23.9 Å². The molecule has 0 amide bonds. The monoisotopic (exact) mass is 338 g/mol. The first-order valence-corrected chi connectivity index (χ1v) is 7.28. The highest BCUT2D eigenvalue weighted by Gasteiger charge is 2.05. The average molecular weight is 339 g/mol. The van der Waals surface area contributed by atoms with Crippen LogP contribution in [0.4, 0.5) is 4.39 Å². The molecule has 0 aliphatic heterocycles. The van der Waals surface area contributed by atoms with Crippen LogP contribution in [0.25, 0.3) is 0 Å². The largest absolute Gasteiger partial charge is 0.494 e. The molecule has 0 saturated heterocycles. The molecule has 0 aliphatic carbocycles. The number of hydrogen-bond acceptors (Lipinski definition) is 2. The number of hydrogen-bond donors (Lipinski definition) is 0. The van der Waals surface area contributed by atoms with Crippen molar-refractivity contribution in [2.75, 3.05) is 6.61 Å². The molecule has 0 heterocycles. The molecule has 4 heteroatoms. The summed E-state index contributed by atoms with van der Waals surface area (Å²) in [5, 5.41) is 0. The summed E-state index contributed by atoms with van der Waals surface area (Å²) >= 11 is 3.22. The number of ether oxygens (including phenoxy) is 2. The standard InChI is InChI=1S/C16H16BrFO2/c1-2-10-19-13-6-8-14(9-7-13)20-11-12-4-3-5-15(18)16(12)17/h3-9H,2,10-11H2,1H3. The lowest BCUT2D eigenvalue weighted by Crippen LogP contribution is -1.98. The first kappa shape index (κ1) is 14.9. The van der Waals surface area contributed by atoms with Gasteiger partial charge >= 0.3 is 0 Å². The minimum absolute atomic E-state index is 0.283. The van der Waals surface area contributed by atoms with Crippen molar-refractivity contribution >= 4 is 15.9 Å². The highest BCUT2D eigenvalue weighted by molar-refractivity contribution is 9.10. The van der Waals surface area contributed by atoms with Crippen molar-refractivity contribution in [3.05, 3.63) is 58.3 Å². The van der Waals surface area contributed by atoms with Crippen LogP contribution in [0.1, 0.15) is 18.9 Å². The van der Waals surface area contributed by atoms with Crippen molar-refractivity contribution < 1.29 is 13.9 Å². The van der Waals surface area contributed by atoms with E-state index in [9.17, 15) is 4.39 Å². The van der Waals surface area contributed by atoms with Crippen LogP contribution in [0.3, 0.4) is 0 Å². The van der Waals surface area contributed by atoms with E-state index in [1.54, 1.807) is 6.07 Å². The summed E-state index contributed by atoms with van der Waals surface area (Å²) in [7, 11) is 0. The molecule has 2 rings (SSSR count). The van der Waals surface area contributed by atoms with E-state index in [0.29, 0.717) is 17.7 Å². The molecular formula is C16H16BrFO2. The zero-order valence-corrected chi connectivity index (χ0v) is 12.8. The van der Waals surface area contributed by atoms with Crippen molar-refractivity contribution in [1.29, 1.82) is 0 Å². The molecule has 0 aliphatic rings. The van der Waals surface area contributed by atoms with E-state index in [1.807, 2.05) is 30.3 Å². The maximum absolute atomic E-state index is 13.4. The summed E-state index contributed by atoms with van der Waals surface area (Å²) in [6.07, 6.45) is 0.978. The van der Waals surface area contributed by atoms with Crippen molar-refractivity contribution in [1.82, 2.24) is 0 Å². The molecule has 2 nitrogen and oxygen atoms in total. The first-order chi connectivity index (χ1) is 9.70. The van der Waals surface area contributed by atoms with Crippen molar-refractivity contribution in [2.24, 2.45) is 0 Å². The summed E-state index contributed by atoms with van der Waals surface area (Å²) in [6, 6.07) is 12.3. The molecule has 106 valence electrons. The number of halogens is 2. The van der Waals surface area contributed by atoms with Gasteiger partial charge in [0, 0.05) is 5.56 Å². The van der Waals surface area contributed by atoms with Crippen LogP contribution in [0, 0.1) is 5.82 Å². The van der Waals surface area contributed by atoms with Crippen LogP contribution < -0.4 is 9.47 Å². The van der Waals surface area contributed by atoms with Gasteiger partial charge in [0.05, 0.1) is 11.1 Å². The molecule has 0 saturated carbocycles. The second-order valence-corrected chi connectivity index (χ2v) is 5.11. The molecule has 0 fully saturated rings. The van der Waals surface area contributed by atoms with E-state index in [-0.39, 0.29) is 5.82 Å². The van der Waals surface area contributed by atoms with Crippen LogP contribution >= 0.6 is 15.9 Å². The van der Waals surface area contributed by atoms with Crippen molar-refractivity contribution in [3.8, 4) is 11.5 Å². The fourth-order valence-electron chi connectivity index (χ4n) is 1.67. The second-order valence-electron chi connectivity index (χ2n) is 4.32. The molecule has 0 N–H and O–H groups in total. The van der Waals surface area contributed by atoms with Crippen LogP contribution in [0.5, 0.6) is 11.5 Å². The Morgan fingerprint density at radius 1 is 1.00 bits per heavy atom.